The van der Waals surface area contributed by atoms with Crippen molar-refractivity contribution in [1.82, 2.24) is 14.9 Å². The van der Waals surface area contributed by atoms with Crippen molar-refractivity contribution < 1.29 is 19.0 Å². The van der Waals surface area contributed by atoms with E-state index in [1.54, 1.807) is 12.1 Å². The van der Waals surface area contributed by atoms with Crippen LogP contribution in [-0.4, -0.2) is 80.2 Å². The van der Waals surface area contributed by atoms with E-state index in [9.17, 15) is 4.79 Å². The lowest BCUT2D eigenvalue weighted by atomic mass is 10.2. The largest absolute Gasteiger partial charge is 0.454 e. The van der Waals surface area contributed by atoms with Crippen LogP contribution in [0.25, 0.3) is 0 Å². The monoisotopic (exact) mass is 426 g/mol. The number of aromatic nitrogens is 2. The molecule has 10 nitrogen and oxygen atoms in total. The molecule has 164 valence electrons. The van der Waals surface area contributed by atoms with E-state index in [1.165, 1.54) is 0 Å². The smallest absolute Gasteiger partial charge is 0.321 e. The summed E-state index contributed by atoms with van der Waals surface area (Å²) in [4.78, 5) is 28.2. The lowest BCUT2D eigenvalue weighted by molar-refractivity contribution is 0.122. The topological polar surface area (TPSA) is 92.3 Å². The van der Waals surface area contributed by atoms with Crippen LogP contribution in [0.15, 0.2) is 24.3 Å². The van der Waals surface area contributed by atoms with Crippen LogP contribution in [-0.2, 0) is 4.74 Å². The summed E-state index contributed by atoms with van der Waals surface area (Å²) in [7, 11) is 0. The second-order valence-corrected chi connectivity index (χ2v) is 7.70. The quantitative estimate of drug-likeness (QED) is 0.793. The summed E-state index contributed by atoms with van der Waals surface area (Å²) in [6.07, 6.45) is 0. The maximum absolute atomic E-state index is 12.7. The molecular weight excluding hydrogens is 400 g/mol. The van der Waals surface area contributed by atoms with Crippen molar-refractivity contribution in [2.45, 2.75) is 6.92 Å². The number of benzene rings is 1. The summed E-state index contributed by atoms with van der Waals surface area (Å²) in [5.41, 5.74) is 0.693. The number of hydrogen-bond acceptors (Lipinski definition) is 8. The van der Waals surface area contributed by atoms with Gasteiger partial charge < -0.3 is 34.2 Å². The Labute approximate surface area is 180 Å². The number of carbonyl (C=O) groups is 1. The van der Waals surface area contributed by atoms with Gasteiger partial charge in [-0.1, -0.05) is 0 Å². The van der Waals surface area contributed by atoms with Crippen molar-refractivity contribution >= 4 is 23.4 Å². The molecule has 10 heteroatoms. The number of nitrogens with zero attached hydrogens (tertiary/aromatic N) is 5. The van der Waals surface area contributed by atoms with Gasteiger partial charge in [0.25, 0.3) is 0 Å². The zero-order valence-electron chi connectivity index (χ0n) is 17.5. The highest BCUT2D eigenvalue weighted by Gasteiger charge is 2.24. The fourth-order valence-electron chi connectivity index (χ4n) is 3.97. The first kappa shape index (κ1) is 19.7. The molecule has 1 aromatic carbocycles. The van der Waals surface area contributed by atoms with Crippen LogP contribution in [0, 0.1) is 6.92 Å². The summed E-state index contributed by atoms with van der Waals surface area (Å²) in [5.74, 6) is 3.95. The van der Waals surface area contributed by atoms with Crippen molar-refractivity contribution in [3.05, 3.63) is 30.1 Å². The number of fused-ring (bicyclic) bond motifs is 1. The number of amides is 2. The molecule has 2 amide bonds. The van der Waals surface area contributed by atoms with Gasteiger partial charge in [-0.15, -0.1) is 0 Å². The number of urea groups is 1. The molecule has 2 saturated heterocycles. The van der Waals surface area contributed by atoms with E-state index in [0.29, 0.717) is 43.4 Å². The number of rotatable bonds is 3. The van der Waals surface area contributed by atoms with Gasteiger partial charge in [-0.05, 0) is 19.1 Å². The lowest BCUT2D eigenvalue weighted by Gasteiger charge is -2.36. The average Bonchev–Trinajstić information content (AvgIpc) is 3.27. The molecule has 0 unspecified atom stereocenters. The molecular formula is C21H26N6O4. The van der Waals surface area contributed by atoms with Crippen LogP contribution in [0.2, 0.25) is 0 Å². The molecule has 4 heterocycles. The Hall–Kier alpha value is -3.27. The van der Waals surface area contributed by atoms with Gasteiger partial charge in [0.1, 0.15) is 17.5 Å². The third kappa shape index (κ3) is 4.29. The minimum atomic E-state index is -0.119. The second-order valence-electron chi connectivity index (χ2n) is 7.70. The molecule has 2 fully saturated rings. The number of carbonyl (C=O) groups excluding carboxylic acids is 1. The zero-order valence-corrected chi connectivity index (χ0v) is 17.5. The standard InChI is InChI=1S/C21H26N6O4/c1-15-22-19(13-20(23-15)26-8-10-29-11-9-26)25-4-6-27(7-5-25)21(28)24-16-2-3-17-18(12-16)31-14-30-17/h2-3,12-13H,4-11,14H2,1H3,(H,24,28). The molecule has 31 heavy (non-hydrogen) atoms. The van der Waals surface area contributed by atoms with E-state index < -0.39 is 0 Å². The molecule has 0 atom stereocenters. The van der Waals surface area contributed by atoms with Crippen LogP contribution in [0.3, 0.4) is 0 Å². The van der Waals surface area contributed by atoms with Crippen molar-refractivity contribution in [1.29, 1.82) is 0 Å². The number of ether oxygens (including phenoxy) is 3. The fourth-order valence-corrected chi connectivity index (χ4v) is 3.97. The Kier molecular flexibility index (Phi) is 5.37. The van der Waals surface area contributed by atoms with Crippen molar-refractivity contribution in [3.63, 3.8) is 0 Å². The molecule has 1 N–H and O–H groups in total. The SMILES string of the molecule is Cc1nc(N2CCOCC2)cc(N2CCN(C(=O)Nc3ccc4c(c3)OCO4)CC2)n1. The number of nitrogens with one attached hydrogen (secondary N) is 1. The minimum Gasteiger partial charge on any atom is -0.454 e. The second kappa shape index (κ2) is 8.46. The molecule has 0 radical (unpaired) electrons. The van der Waals surface area contributed by atoms with Gasteiger partial charge in [-0.2, -0.15) is 0 Å². The molecule has 2 aromatic rings. The number of anilines is 3. The van der Waals surface area contributed by atoms with Gasteiger partial charge >= 0.3 is 6.03 Å². The van der Waals surface area contributed by atoms with Gasteiger partial charge in [0.15, 0.2) is 11.5 Å². The predicted octanol–water partition coefficient (Wildman–Crippen LogP) is 1.70. The normalized spacial score (nSPS) is 18.3. The Morgan fingerprint density at radius 2 is 1.58 bits per heavy atom. The molecule has 3 aliphatic heterocycles. The highest BCUT2D eigenvalue weighted by atomic mass is 16.7. The summed E-state index contributed by atoms with van der Waals surface area (Å²) >= 11 is 0. The van der Waals surface area contributed by atoms with Crippen LogP contribution in [0.5, 0.6) is 11.5 Å². The zero-order chi connectivity index (χ0) is 21.2. The van der Waals surface area contributed by atoms with Gasteiger partial charge in [-0.25, -0.2) is 14.8 Å². The Morgan fingerprint density at radius 1 is 0.903 bits per heavy atom. The number of piperazine rings is 1. The van der Waals surface area contributed by atoms with Crippen LogP contribution in [0.4, 0.5) is 22.1 Å². The Bertz CT molecular complexity index is 957. The molecule has 0 bridgehead atoms. The Balaban J connectivity index is 1.20. The average molecular weight is 426 g/mol. The molecule has 0 spiro atoms. The predicted molar refractivity (Wildman–Crippen MR) is 115 cm³/mol. The number of morpholine rings is 1. The van der Waals surface area contributed by atoms with E-state index >= 15 is 0 Å². The van der Waals surface area contributed by atoms with E-state index in [4.69, 9.17) is 14.2 Å². The minimum absolute atomic E-state index is 0.119. The number of aryl methyl sites for hydroxylation is 1. The highest BCUT2D eigenvalue weighted by Crippen LogP contribution is 2.34. The molecule has 3 aliphatic rings. The first-order valence-corrected chi connectivity index (χ1v) is 10.5. The first-order chi connectivity index (χ1) is 15.2. The van der Waals surface area contributed by atoms with Crippen molar-refractivity contribution in [3.8, 4) is 11.5 Å². The number of hydrogen-bond donors (Lipinski definition) is 1. The molecule has 0 saturated carbocycles. The van der Waals surface area contributed by atoms with Gasteiger partial charge in [0, 0.05) is 57.1 Å². The van der Waals surface area contributed by atoms with Gasteiger partial charge in [-0.3, -0.25) is 0 Å². The van der Waals surface area contributed by atoms with Crippen LogP contribution < -0.4 is 24.6 Å². The maximum atomic E-state index is 12.7. The summed E-state index contributed by atoms with van der Waals surface area (Å²) in [6, 6.07) is 7.33. The van der Waals surface area contributed by atoms with Crippen LogP contribution >= 0.6 is 0 Å². The summed E-state index contributed by atoms with van der Waals surface area (Å²) in [6.45, 7) is 7.91. The summed E-state index contributed by atoms with van der Waals surface area (Å²) in [5, 5.41) is 2.95. The lowest BCUT2D eigenvalue weighted by Crippen LogP contribution is -2.50. The van der Waals surface area contributed by atoms with Crippen LogP contribution in [0.1, 0.15) is 5.82 Å². The van der Waals surface area contributed by atoms with Crippen molar-refractivity contribution in [2.75, 3.05) is 74.4 Å². The molecule has 1 aromatic heterocycles. The van der Waals surface area contributed by atoms with E-state index in [2.05, 4.69) is 25.1 Å². The Morgan fingerprint density at radius 3 is 2.32 bits per heavy atom. The highest BCUT2D eigenvalue weighted by molar-refractivity contribution is 5.90. The molecule has 0 aliphatic carbocycles. The maximum Gasteiger partial charge on any atom is 0.321 e. The van der Waals surface area contributed by atoms with Gasteiger partial charge in [0.2, 0.25) is 6.79 Å². The van der Waals surface area contributed by atoms with E-state index in [-0.39, 0.29) is 12.8 Å². The third-order valence-electron chi connectivity index (χ3n) is 5.66. The third-order valence-corrected chi connectivity index (χ3v) is 5.66. The first-order valence-electron chi connectivity index (χ1n) is 10.5. The summed E-state index contributed by atoms with van der Waals surface area (Å²) < 4.78 is 16.1. The fraction of sp³-hybridized carbons (Fsp3) is 0.476. The van der Waals surface area contributed by atoms with E-state index in [0.717, 1.165) is 43.8 Å². The van der Waals surface area contributed by atoms with Gasteiger partial charge in [0.05, 0.1) is 13.2 Å². The van der Waals surface area contributed by atoms with Crippen molar-refractivity contribution in [2.24, 2.45) is 0 Å². The van der Waals surface area contributed by atoms with E-state index in [1.807, 2.05) is 24.0 Å². The molecule has 5 rings (SSSR count).